The molecule has 0 amide bonds. The van der Waals surface area contributed by atoms with Crippen LogP contribution in [0.3, 0.4) is 0 Å². The van der Waals surface area contributed by atoms with Crippen molar-refractivity contribution in [1.29, 1.82) is 0 Å². The largest absolute Gasteiger partial charge is 0.337 e. The molecule has 1 aliphatic carbocycles. The molecule has 4 nitrogen and oxygen atoms in total. The first kappa shape index (κ1) is 9.33. The Morgan fingerprint density at radius 1 is 1.53 bits per heavy atom. The SMILES string of the molecule is CC1CC1c1noc(C2(C)CCCN2)n1. The Hall–Kier alpha value is -0.900. The molecule has 3 rings (SSSR count). The molecule has 0 spiro atoms. The van der Waals surface area contributed by atoms with E-state index in [1.807, 2.05) is 0 Å². The van der Waals surface area contributed by atoms with Crippen molar-refractivity contribution in [3.05, 3.63) is 11.7 Å². The van der Waals surface area contributed by atoms with Crippen molar-refractivity contribution >= 4 is 0 Å². The van der Waals surface area contributed by atoms with Gasteiger partial charge in [0.05, 0.1) is 5.54 Å². The monoisotopic (exact) mass is 207 g/mol. The summed E-state index contributed by atoms with van der Waals surface area (Å²) < 4.78 is 5.38. The number of nitrogens with one attached hydrogen (secondary N) is 1. The average Bonchev–Trinajstić information content (AvgIpc) is 2.73. The summed E-state index contributed by atoms with van der Waals surface area (Å²) in [6, 6.07) is 0. The molecule has 0 bridgehead atoms. The summed E-state index contributed by atoms with van der Waals surface area (Å²) in [5.41, 5.74) is -0.0800. The van der Waals surface area contributed by atoms with Crippen LogP contribution >= 0.6 is 0 Å². The van der Waals surface area contributed by atoms with Crippen LogP contribution in [0.1, 0.15) is 50.7 Å². The molecule has 2 aliphatic rings. The van der Waals surface area contributed by atoms with Gasteiger partial charge in [-0.05, 0) is 38.6 Å². The molecule has 3 atom stereocenters. The summed E-state index contributed by atoms with van der Waals surface area (Å²) in [5, 5.41) is 7.53. The van der Waals surface area contributed by atoms with Crippen molar-refractivity contribution in [2.45, 2.75) is 44.6 Å². The first-order valence-electron chi connectivity index (χ1n) is 5.78. The summed E-state index contributed by atoms with van der Waals surface area (Å²) in [7, 11) is 0. The molecule has 1 aromatic heterocycles. The molecule has 0 radical (unpaired) electrons. The lowest BCUT2D eigenvalue weighted by Crippen LogP contribution is -2.33. The predicted octanol–water partition coefficient (Wildman–Crippen LogP) is 1.79. The van der Waals surface area contributed by atoms with E-state index in [0.29, 0.717) is 5.92 Å². The van der Waals surface area contributed by atoms with Crippen LogP contribution in [0.15, 0.2) is 4.52 Å². The van der Waals surface area contributed by atoms with Gasteiger partial charge in [-0.15, -0.1) is 0 Å². The fraction of sp³-hybridized carbons (Fsp3) is 0.818. The number of nitrogens with zero attached hydrogens (tertiary/aromatic N) is 2. The molecular weight excluding hydrogens is 190 g/mol. The van der Waals surface area contributed by atoms with Gasteiger partial charge in [-0.3, -0.25) is 0 Å². The molecule has 82 valence electrons. The molecule has 2 fully saturated rings. The van der Waals surface area contributed by atoms with E-state index in [4.69, 9.17) is 4.52 Å². The van der Waals surface area contributed by atoms with E-state index in [1.165, 1.54) is 12.8 Å². The smallest absolute Gasteiger partial charge is 0.246 e. The fourth-order valence-corrected chi connectivity index (χ4v) is 2.37. The summed E-state index contributed by atoms with van der Waals surface area (Å²) in [6.45, 7) is 5.43. The molecule has 15 heavy (non-hydrogen) atoms. The van der Waals surface area contributed by atoms with E-state index >= 15 is 0 Å². The summed E-state index contributed by atoms with van der Waals surface area (Å²) >= 11 is 0. The van der Waals surface area contributed by atoms with Crippen molar-refractivity contribution in [2.24, 2.45) is 5.92 Å². The van der Waals surface area contributed by atoms with Crippen molar-refractivity contribution in [3.8, 4) is 0 Å². The minimum absolute atomic E-state index is 0.0800. The maximum atomic E-state index is 5.38. The highest BCUT2D eigenvalue weighted by Crippen LogP contribution is 2.46. The van der Waals surface area contributed by atoms with Gasteiger partial charge in [0.1, 0.15) is 0 Å². The maximum absolute atomic E-state index is 5.38. The third-order valence-corrected chi connectivity index (χ3v) is 3.72. The van der Waals surface area contributed by atoms with Crippen molar-refractivity contribution in [3.63, 3.8) is 0 Å². The van der Waals surface area contributed by atoms with Gasteiger partial charge in [0, 0.05) is 5.92 Å². The van der Waals surface area contributed by atoms with E-state index in [2.05, 4.69) is 29.3 Å². The lowest BCUT2D eigenvalue weighted by atomic mass is 10.0. The zero-order chi connectivity index (χ0) is 10.5. The highest BCUT2D eigenvalue weighted by Gasteiger charge is 2.41. The molecule has 0 aromatic carbocycles. The van der Waals surface area contributed by atoms with Crippen LogP contribution in [-0.4, -0.2) is 16.7 Å². The second-order valence-corrected chi connectivity index (χ2v) is 5.14. The molecule has 1 N–H and O–H groups in total. The lowest BCUT2D eigenvalue weighted by molar-refractivity contribution is 0.274. The topological polar surface area (TPSA) is 51.0 Å². The minimum atomic E-state index is -0.0800. The van der Waals surface area contributed by atoms with Crippen LogP contribution in [0.25, 0.3) is 0 Å². The van der Waals surface area contributed by atoms with Gasteiger partial charge in [0.15, 0.2) is 5.82 Å². The Morgan fingerprint density at radius 3 is 2.93 bits per heavy atom. The second kappa shape index (κ2) is 3.04. The van der Waals surface area contributed by atoms with Crippen LogP contribution in [0.2, 0.25) is 0 Å². The zero-order valence-corrected chi connectivity index (χ0v) is 9.29. The Morgan fingerprint density at radius 2 is 2.33 bits per heavy atom. The Bertz CT molecular complexity index is 368. The fourth-order valence-electron chi connectivity index (χ4n) is 2.37. The van der Waals surface area contributed by atoms with Gasteiger partial charge in [-0.1, -0.05) is 12.1 Å². The quantitative estimate of drug-likeness (QED) is 0.803. The normalized spacial score (nSPS) is 39.6. The first-order chi connectivity index (χ1) is 7.19. The van der Waals surface area contributed by atoms with Crippen LogP contribution < -0.4 is 5.32 Å². The molecule has 3 unspecified atom stereocenters. The molecule has 1 aliphatic heterocycles. The maximum Gasteiger partial charge on any atom is 0.246 e. The van der Waals surface area contributed by atoms with Crippen molar-refractivity contribution < 1.29 is 4.52 Å². The van der Waals surface area contributed by atoms with E-state index in [1.54, 1.807) is 0 Å². The summed E-state index contributed by atoms with van der Waals surface area (Å²) in [4.78, 5) is 4.54. The van der Waals surface area contributed by atoms with E-state index in [9.17, 15) is 0 Å². The molecule has 1 saturated heterocycles. The van der Waals surface area contributed by atoms with Crippen molar-refractivity contribution in [1.82, 2.24) is 15.5 Å². The Kier molecular flexibility index (Phi) is 1.89. The third kappa shape index (κ3) is 1.47. The van der Waals surface area contributed by atoms with E-state index < -0.39 is 0 Å². The highest BCUT2D eigenvalue weighted by atomic mass is 16.5. The first-order valence-corrected chi connectivity index (χ1v) is 5.78. The second-order valence-electron chi connectivity index (χ2n) is 5.14. The van der Waals surface area contributed by atoms with Crippen LogP contribution in [0, 0.1) is 5.92 Å². The van der Waals surface area contributed by atoms with Gasteiger partial charge in [-0.25, -0.2) is 0 Å². The van der Waals surface area contributed by atoms with Crippen LogP contribution in [-0.2, 0) is 5.54 Å². The summed E-state index contributed by atoms with van der Waals surface area (Å²) in [5.74, 6) is 2.97. The summed E-state index contributed by atoms with van der Waals surface area (Å²) in [6.07, 6.45) is 3.49. The van der Waals surface area contributed by atoms with Gasteiger partial charge in [-0.2, -0.15) is 4.98 Å². The zero-order valence-electron chi connectivity index (χ0n) is 9.29. The van der Waals surface area contributed by atoms with Gasteiger partial charge in [0.25, 0.3) is 0 Å². The molecule has 4 heteroatoms. The number of hydrogen-bond donors (Lipinski definition) is 1. The van der Waals surface area contributed by atoms with Gasteiger partial charge < -0.3 is 9.84 Å². The Balaban J connectivity index is 1.83. The number of aromatic nitrogens is 2. The van der Waals surface area contributed by atoms with Crippen molar-refractivity contribution in [2.75, 3.05) is 6.54 Å². The molecule has 2 heterocycles. The molecule has 1 aromatic rings. The number of rotatable bonds is 2. The van der Waals surface area contributed by atoms with Gasteiger partial charge >= 0.3 is 0 Å². The molecular formula is C11H17N3O. The highest BCUT2D eigenvalue weighted by molar-refractivity contribution is 5.11. The van der Waals surface area contributed by atoms with E-state index in [-0.39, 0.29) is 5.54 Å². The third-order valence-electron chi connectivity index (χ3n) is 3.72. The minimum Gasteiger partial charge on any atom is -0.337 e. The molecule has 1 saturated carbocycles. The lowest BCUT2D eigenvalue weighted by Gasteiger charge is -2.18. The van der Waals surface area contributed by atoms with Crippen LogP contribution in [0.5, 0.6) is 0 Å². The number of hydrogen-bond acceptors (Lipinski definition) is 4. The predicted molar refractivity (Wildman–Crippen MR) is 55.4 cm³/mol. The average molecular weight is 207 g/mol. The van der Waals surface area contributed by atoms with Crippen LogP contribution in [0.4, 0.5) is 0 Å². The standard InChI is InChI=1S/C11H17N3O/c1-7-6-8(7)9-13-10(15-14-9)11(2)4-3-5-12-11/h7-8,12H,3-6H2,1-2H3. The Labute approximate surface area is 89.4 Å². The van der Waals surface area contributed by atoms with E-state index in [0.717, 1.165) is 30.6 Å². The van der Waals surface area contributed by atoms with Gasteiger partial charge in [0.2, 0.25) is 5.89 Å².